The minimum atomic E-state index is 0.0195. The first-order chi connectivity index (χ1) is 12.2. The van der Waals surface area contributed by atoms with Gasteiger partial charge in [0.05, 0.1) is 18.0 Å². The number of hydrogen-bond acceptors (Lipinski definition) is 4. The number of nitrogens with one attached hydrogen (secondary N) is 2. The number of rotatable bonds is 5. The Morgan fingerprint density at radius 2 is 1.88 bits per heavy atom. The van der Waals surface area contributed by atoms with Crippen molar-refractivity contribution in [1.29, 1.82) is 0 Å². The van der Waals surface area contributed by atoms with Crippen LogP contribution in [0.25, 0.3) is 16.9 Å². The minimum Gasteiger partial charge on any atom is -0.473 e. The molecule has 3 heterocycles. The number of fused-ring (bicyclic) bond motifs is 1. The Hall–Kier alpha value is -3.28. The van der Waals surface area contributed by atoms with Crippen molar-refractivity contribution in [1.82, 2.24) is 19.6 Å². The van der Waals surface area contributed by atoms with E-state index in [4.69, 9.17) is 9.72 Å². The van der Waals surface area contributed by atoms with E-state index in [0.29, 0.717) is 11.7 Å². The number of ether oxygens (including phenoxy) is 1. The molecule has 6 nitrogen and oxygen atoms in total. The zero-order valence-corrected chi connectivity index (χ0v) is 14.1. The molecule has 0 radical (unpaired) electrons. The summed E-state index contributed by atoms with van der Waals surface area (Å²) in [5.74, 6) is 2.10. The van der Waals surface area contributed by atoms with E-state index in [-0.39, 0.29) is 6.10 Å². The summed E-state index contributed by atoms with van der Waals surface area (Å²) in [6, 6.07) is 18.1. The Bertz CT molecular complexity index is 974. The molecule has 0 saturated heterocycles. The Labute approximate surface area is 145 Å². The molecule has 0 aliphatic heterocycles. The van der Waals surface area contributed by atoms with Crippen molar-refractivity contribution in [3.8, 4) is 17.1 Å². The average Bonchev–Trinajstić information content (AvgIpc) is 3.24. The highest BCUT2D eigenvalue weighted by Crippen LogP contribution is 2.33. The standard InChI is InChI=1S/C19H19N5O/c1-13(2)25-19-18(21-16-11-12-20-23-16)22-17-10-6-9-15(24(17)19)14-7-4-3-5-8-14/h3-13H,1-2H3,(H2,20,21,23). The van der Waals surface area contributed by atoms with Gasteiger partial charge in [-0.2, -0.15) is 5.10 Å². The van der Waals surface area contributed by atoms with Crippen LogP contribution in [0, 0.1) is 0 Å². The lowest BCUT2D eigenvalue weighted by molar-refractivity contribution is 0.232. The minimum absolute atomic E-state index is 0.0195. The molecule has 3 aromatic heterocycles. The zero-order valence-electron chi connectivity index (χ0n) is 14.1. The van der Waals surface area contributed by atoms with Gasteiger partial charge in [0.15, 0.2) is 5.82 Å². The summed E-state index contributed by atoms with van der Waals surface area (Å²) in [6.45, 7) is 4.01. The third kappa shape index (κ3) is 2.94. The summed E-state index contributed by atoms with van der Waals surface area (Å²) >= 11 is 0. The van der Waals surface area contributed by atoms with Crippen LogP contribution in [-0.2, 0) is 0 Å². The maximum atomic E-state index is 6.11. The summed E-state index contributed by atoms with van der Waals surface area (Å²) in [6.07, 6.45) is 1.71. The van der Waals surface area contributed by atoms with Crippen molar-refractivity contribution >= 4 is 17.3 Å². The van der Waals surface area contributed by atoms with Gasteiger partial charge in [-0.15, -0.1) is 0 Å². The normalized spacial score (nSPS) is 11.2. The highest BCUT2D eigenvalue weighted by Gasteiger charge is 2.18. The van der Waals surface area contributed by atoms with Gasteiger partial charge in [-0.1, -0.05) is 36.4 Å². The van der Waals surface area contributed by atoms with Crippen molar-refractivity contribution < 1.29 is 4.74 Å². The molecule has 0 amide bonds. The molecule has 0 fully saturated rings. The van der Waals surface area contributed by atoms with E-state index in [1.807, 2.05) is 54.6 Å². The molecule has 4 aromatic rings. The van der Waals surface area contributed by atoms with Crippen LogP contribution in [0.15, 0.2) is 60.8 Å². The predicted molar refractivity (Wildman–Crippen MR) is 98.3 cm³/mol. The van der Waals surface area contributed by atoms with Crippen LogP contribution in [0.5, 0.6) is 5.88 Å². The summed E-state index contributed by atoms with van der Waals surface area (Å²) in [4.78, 5) is 4.71. The number of benzene rings is 1. The second kappa shape index (κ2) is 6.32. The summed E-state index contributed by atoms with van der Waals surface area (Å²) in [7, 11) is 0. The highest BCUT2D eigenvalue weighted by atomic mass is 16.5. The second-order valence-corrected chi connectivity index (χ2v) is 6.00. The number of anilines is 2. The molecule has 0 bridgehead atoms. The molecule has 0 saturated carbocycles. The van der Waals surface area contributed by atoms with Crippen LogP contribution >= 0.6 is 0 Å². The quantitative estimate of drug-likeness (QED) is 0.573. The van der Waals surface area contributed by atoms with Gasteiger partial charge in [0.2, 0.25) is 5.88 Å². The molecule has 4 rings (SSSR count). The predicted octanol–water partition coefficient (Wildman–Crippen LogP) is 4.26. The molecule has 2 N–H and O–H groups in total. The summed E-state index contributed by atoms with van der Waals surface area (Å²) in [5.41, 5.74) is 2.95. The molecule has 0 unspecified atom stereocenters. The lowest BCUT2D eigenvalue weighted by Gasteiger charge is -2.14. The van der Waals surface area contributed by atoms with Crippen LogP contribution in [0.1, 0.15) is 13.8 Å². The van der Waals surface area contributed by atoms with Gasteiger partial charge in [-0.3, -0.25) is 9.50 Å². The lowest BCUT2D eigenvalue weighted by atomic mass is 10.1. The fraction of sp³-hybridized carbons (Fsp3) is 0.158. The molecular formula is C19H19N5O. The average molecular weight is 333 g/mol. The molecule has 126 valence electrons. The smallest absolute Gasteiger partial charge is 0.244 e. The van der Waals surface area contributed by atoms with Crippen molar-refractivity contribution in [2.45, 2.75) is 20.0 Å². The van der Waals surface area contributed by atoms with Gasteiger partial charge in [-0.25, -0.2) is 4.98 Å². The maximum Gasteiger partial charge on any atom is 0.244 e. The molecule has 0 aliphatic carbocycles. The van der Waals surface area contributed by atoms with E-state index >= 15 is 0 Å². The fourth-order valence-corrected chi connectivity index (χ4v) is 2.77. The van der Waals surface area contributed by atoms with Crippen LogP contribution in [0.3, 0.4) is 0 Å². The zero-order chi connectivity index (χ0) is 17.2. The Morgan fingerprint density at radius 1 is 1.04 bits per heavy atom. The first-order valence-electron chi connectivity index (χ1n) is 8.22. The molecule has 6 heteroatoms. The van der Waals surface area contributed by atoms with Crippen LogP contribution < -0.4 is 10.1 Å². The van der Waals surface area contributed by atoms with Gasteiger partial charge in [0.25, 0.3) is 0 Å². The van der Waals surface area contributed by atoms with E-state index < -0.39 is 0 Å². The van der Waals surface area contributed by atoms with E-state index in [2.05, 4.69) is 33.7 Å². The van der Waals surface area contributed by atoms with Gasteiger partial charge >= 0.3 is 0 Å². The topological polar surface area (TPSA) is 67.2 Å². The van der Waals surface area contributed by atoms with Crippen LogP contribution in [0.2, 0.25) is 0 Å². The van der Waals surface area contributed by atoms with Gasteiger partial charge in [0, 0.05) is 6.07 Å². The third-order valence-corrected chi connectivity index (χ3v) is 3.77. The first kappa shape index (κ1) is 15.3. The fourth-order valence-electron chi connectivity index (χ4n) is 2.77. The Balaban J connectivity index is 1.91. The molecule has 25 heavy (non-hydrogen) atoms. The number of imidazole rings is 1. The van der Waals surface area contributed by atoms with Crippen LogP contribution in [0.4, 0.5) is 11.6 Å². The highest BCUT2D eigenvalue weighted by molar-refractivity contribution is 5.71. The monoisotopic (exact) mass is 333 g/mol. The van der Waals surface area contributed by atoms with Crippen molar-refractivity contribution in [3.63, 3.8) is 0 Å². The van der Waals surface area contributed by atoms with E-state index in [1.54, 1.807) is 6.20 Å². The Kier molecular flexibility index (Phi) is 3.85. The lowest BCUT2D eigenvalue weighted by Crippen LogP contribution is -2.09. The number of H-pyrrole nitrogens is 1. The largest absolute Gasteiger partial charge is 0.473 e. The number of hydrogen-bond donors (Lipinski definition) is 2. The maximum absolute atomic E-state index is 6.11. The number of aromatic nitrogens is 4. The molecule has 0 spiro atoms. The molecule has 1 aromatic carbocycles. The number of pyridine rings is 1. The Morgan fingerprint density at radius 3 is 2.60 bits per heavy atom. The van der Waals surface area contributed by atoms with E-state index in [0.717, 1.165) is 22.7 Å². The molecular weight excluding hydrogens is 314 g/mol. The number of nitrogens with zero attached hydrogens (tertiary/aromatic N) is 3. The second-order valence-electron chi connectivity index (χ2n) is 6.00. The summed E-state index contributed by atoms with van der Waals surface area (Å²) < 4.78 is 8.15. The van der Waals surface area contributed by atoms with Crippen LogP contribution in [-0.4, -0.2) is 25.7 Å². The van der Waals surface area contributed by atoms with Crippen molar-refractivity contribution in [2.75, 3.05) is 5.32 Å². The summed E-state index contributed by atoms with van der Waals surface area (Å²) in [5, 5.41) is 10.1. The van der Waals surface area contributed by atoms with E-state index in [1.165, 1.54) is 0 Å². The SMILES string of the molecule is CC(C)Oc1c(Nc2ccn[nH]2)nc2cccc(-c3ccccc3)n12. The van der Waals surface area contributed by atoms with Gasteiger partial charge in [0.1, 0.15) is 11.5 Å². The molecule has 0 aliphatic rings. The van der Waals surface area contributed by atoms with Crippen molar-refractivity contribution in [3.05, 3.63) is 60.8 Å². The van der Waals surface area contributed by atoms with E-state index in [9.17, 15) is 0 Å². The number of aromatic amines is 1. The van der Waals surface area contributed by atoms with Gasteiger partial charge < -0.3 is 10.1 Å². The molecule has 0 atom stereocenters. The van der Waals surface area contributed by atoms with Crippen molar-refractivity contribution in [2.24, 2.45) is 0 Å². The first-order valence-corrected chi connectivity index (χ1v) is 8.22. The van der Waals surface area contributed by atoms with Gasteiger partial charge in [-0.05, 0) is 31.5 Å². The third-order valence-electron chi connectivity index (χ3n) is 3.77.